The van der Waals surface area contributed by atoms with Crippen LogP contribution in [0.2, 0.25) is 0 Å². The van der Waals surface area contributed by atoms with Crippen LogP contribution >= 0.6 is 0 Å². The van der Waals surface area contributed by atoms with Crippen LogP contribution in [-0.4, -0.2) is 21.7 Å². The number of benzene rings is 2. The first-order valence-corrected chi connectivity index (χ1v) is 10.1. The van der Waals surface area contributed by atoms with Crippen LogP contribution < -0.4 is 5.32 Å². The highest BCUT2D eigenvalue weighted by Gasteiger charge is 2.28. The van der Waals surface area contributed by atoms with E-state index in [4.69, 9.17) is 0 Å². The summed E-state index contributed by atoms with van der Waals surface area (Å²) in [7, 11) is 0. The minimum atomic E-state index is 0.137. The van der Waals surface area contributed by atoms with Crippen molar-refractivity contribution < 1.29 is 4.79 Å². The third-order valence-electron chi connectivity index (χ3n) is 5.67. The minimum absolute atomic E-state index is 0.137. The van der Waals surface area contributed by atoms with Gasteiger partial charge in [0.05, 0.1) is 11.7 Å². The Hall–Kier alpha value is -2.88. The van der Waals surface area contributed by atoms with E-state index in [-0.39, 0.29) is 11.9 Å². The molecule has 0 radical (unpaired) electrons. The Balaban J connectivity index is 1.51. The van der Waals surface area contributed by atoms with Crippen LogP contribution in [0.1, 0.15) is 44.2 Å². The number of nitrogens with one attached hydrogen (secondary N) is 1. The molecule has 28 heavy (non-hydrogen) atoms. The van der Waals surface area contributed by atoms with Crippen molar-refractivity contribution in [2.24, 2.45) is 0 Å². The van der Waals surface area contributed by atoms with Crippen molar-refractivity contribution in [3.8, 4) is 22.4 Å². The van der Waals surface area contributed by atoms with Gasteiger partial charge in [0.15, 0.2) is 0 Å². The summed E-state index contributed by atoms with van der Waals surface area (Å²) in [6.45, 7) is 4.00. The highest BCUT2D eigenvalue weighted by atomic mass is 16.1. The van der Waals surface area contributed by atoms with Gasteiger partial charge in [-0.3, -0.25) is 9.48 Å². The molecule has 4 heteroatoms. The van der Waals surface area contributed by atoms with Crippen molar-refractivity contribution >= 4 is 5.91 Å². The predicted molar refractivity (Wildman–Crippen MR) is 113 cm³/mol. The molecule has 2 aromatic carbocycles. The monoisotopic (exact) mass is 373 g/mol. The number of nitrogens with zero attached hydrogens (tertiary/aromatic N) is 2. The van der Waals surface area contributed by atoms with Gasteiger partial charge in [0, 0.05) is 18.7 Å². The average molecular weight is 374 g/mol. The molecule has 1 heterocycles. The minimum Gasteiger partial charge on any atom is -0.353 e. The van der Waals surface area contributed by atoms with Crippen LogP contribution in [0.3, 0.4) is 0 Å². The maximum atomic E-state index is 11.7. The quantitative estimate of drug-likeness (QED) is 0.673. The molecule has 0 aliphatic heterocycles. The van der Waals surface area contributed by atoms with Gasteiger partial charge in [-0.05, 0) is 48.9 Å². The van der Waals surface area contributed by atoms with Crippen molar-refractivity contribution in [2.75, 3.05) is 0 Å². The first kappa shape index (κ1) is 18.5. The highest BCUT2D eigenvalue weighted by molar-refractivity contribution is 5.75. The Morgan fingerprint density at radius 1 is 1.00 bits per heavy atom. The Kier molecular flexibility index (Phi) is 5.29. The Morgan fingerprint density at radius 2 is 1.64 bits per heavy atom. The zero-order chi connectivity index (χ0) is 19.5. The Labute approximate surface area is 166 Å². The number of hydrogen-bond donors (Lipinski definition) is 1. The largest absolute Gasteiger partial charge is 0.353 e. The standard InChI is InChI=1S/C24H27N3O/c1-3-24(28)26-21-12-13-22(16-21)27-23(14-15-25-27)20-10-8-19(9-11-20)18-6-4-17(2)5-7-18/h4-11,14-15,21-22H,3,12-13,16H2,1-2H3,(H,26,28)/t21-,22+/m0/s1. The zero-order valence-electron chi connectivity index (χ0n) is 16.6. The van der Waals surface area contributed by atoms with Gasteiger partial charge in [-0.25, -0.2) is 0 Å². The van der Waals surface area contributed by atoms with Crippen molar-refractivity contribution in [3.63, 3.8) is 0 Å². The van der Waals surface area contributed by atoms with Crippen LogP contribution in [0.25, 0.3) is 22.4 Å². The molecule has 144 valence electrons. The van der Waals surface area contributed by atoms with E-state index in [1.807, 2.05) is 13.1 Å². The molecular weight excluding hydrogens is 346 g/mol. The fraction of sp³-hybridized carbons (Fsp3) is 0.333. The molecular formula is C24H27N3O. The van der Waals surface area contributed by atoms with Crippen molar-refractivity contribution in [1.29, 1.82) is 0 Å². The van der Waals surface area contributed by atoms with E-state index >= 15 is 0 Å². The normalized spacial score (nSPS) is 18.9. The first-order chi connectivity index (χ1) is 13.6. The number of aryl methyl sites for hydroxylation is 1. The molecule has 1 saturated carbocycles. The molecule has 4 rings (SSSR count). The summed E-state index contributed by atoms with van der Waals surface area (Å²) >= 11 is 0. The number of amides is 1. The fourth-order valence-electron chi connectivity index (χ4n) is 4.05. The SMILES string of the molecule is CCC(=O)N[C@H]1CC[C@@H](n2nccc2-c2ccc(-c3ccc(C)cc3)cc2)C1. The second-order valence-corrected chi connectivity index (χ2v) is 7.69. The topological polar surface area (TPSA) is 46.9 Å². The molecule has 1 aliphatic carbocycles. The molecule has 1 aromatic heterocycles. The van der Waals surface area contributed by atoms with E-state index in [0.29, 0.717) is 12.5 Å². The van der Waals surface area contributed by atoms with E-state index < -0.39 is 0 Å². The van der Waals surface area contributed by atoms with Crippen molar-refractivity contribution in [2.45, 2.75) is 51.6 Å². The molecule has 1 N–H and O–H groups in total. The molecule has 2 atom stereocenters. The molecule has 1 fully saturated rings. The lowest BCUT2D eigenvalue weighted by Gasteiger charge is -2.16. The lowest BCUT2D eigenvalue weighted by Crippen LogP contribution is -2.32. The van der Waals surface area contributed by atoms with E-state index in [2.05, 4.69) is 76.6 Å². The molecule has 4 nitrogen and oxygen atoms in total. The number of rotatable bonds is 5. The second-order valence-electron chi connectivity index (χ2n) is 7.69. The smallest absolute Gasteiger partial charge is 0.219 e. The van der Waals surface area contributed by atoms with E-state index in [1.54, 1.807) is 0 Å². The van der Waals surface area contributed by atoms with Crippen LogP contribution in [-0.2, 0) is 4.79 Å². The number of aromatic nitrogens is 2. The molecule has 0 saturated heterocycles. The van der Waals surface area contributed by atoms with Crippen LogP contribution in [0.15, 0.2) is 60.8 Å². The summed E-state index contributed by atoms with van der Waals surface area (Å²) < 4.78 is 2.14. The average Bonchev–Trinajstić information content (AvgIpc) is 3.38. The molecule has 1 amide bonds. The molecule has 0 unspecified atom stereocenters. The van der Waals surface area contributed by atoms with Crippen molar-refractivity contribution in [1.82, 2.24) is 15.1 Å². The summed E-state index contributed by atoms with van der Waals surface area (Å²) in [6.07, 6.45) is 5.43. The Bertz CT molecular complexity index is 941. The first-order valence-electron chi connectivity index (χ1n) is 10.1. The summed E-state index contributed by atoms with van der Waals surface area (Å²) in [4.78, 5) is 11.7. The van der Waals surface area contributed by atoms with Gasteiger partial charge in [0.2, 0.25) is 5.91 Å². The second kappa shape index (κ2) is 8.01. The number of carbonyl (C=O) groups is 1. The molecule has 0 bridgehead atoms. The van der Waals surface area contributed by atoms with Gasteiger partial charge in [-0.2, -0.15) is 5.10 Å². The van der Waals surface area contributed by atoms with Gasteiger partial charge in [-0.15, -0.1) is 0 Å². The van der Waals surface area contributed by atoms with Gasteiger partial charge in [-0.1, -0.05) is 61.0 Å². The summed E-state index contributed by atoms with van der Waals surface area (Å²) in [6, 6.07) is 20.0. The maximum Gasteiger partial charge on any atom is 0.219 e. The van der Waals surface area contributed by atoms with Gasteiger partial charge in [0.25, 0.3) is 0 Å². The van der Waals surface area contributed by atoms with Crippen LogP contribution in [0.5, 0.6) is 0 Å². The summed E-state index contributed by atoms with van der Waals surface area (Å²) in [5.74, 6) is 0.137. The molecule has 0 spiro atoms. The number of carbonyl (C=O) groups excluding carboxylic acids is 1. The highest BCUT2D eigenvalue weighted by Crippen LogP contribution is 2.34. The van der Waals surface area contributed by atoms with Crippen molar-refractivity contribution in [3.05, 3.63) is 66.4 Å². The van der Waals surface area contributed by atoms with Gasteiger partial charge >= 0.3 is 0 Å². The summed E-state index contributed by atoms with van der Waals surface area (Å²) in [5, 5.41) is 7.73. The van der Waals surface area contributed by atoms with E-state index in [1.165, 1.54) is 22.3 Å². The maximum absolute atomic E-state index is 11.7. The van der Waals surface area contributed by atoms with Crippen LogP contribution in [0, 0.1) is 6.92 Å². The molecule has 3 aromatic rings. The van der Waals surface area contributed by atoms with Gasteiger partial charge < -0.3 is 5.32 Å². The van der Waals surface area contributed by atoms with Crippen LogP contribution in [0.4, 0.5) is 0 Å². The zero-order valence-corrected chi connectivity index (χ0v) is 16.6. The Morgan fingerprint density at radius 3 is 2.32 bits per heavy atom. The lowest BCUT2D eigenvalue weighted by molar-refractivity contribution is -0.121. The lowest BCUT2D eigenvalue weighted by atomic mass is 10.0. The summed E-state index contributed by atoms with van der Waals surface area (Å²) in [5.41, 5.74) is 6.04. The third-order valence-corrected chi connectivity index (χ3v) is 5.67. The fourth-order valence-corrected chi connectivity index (χ4v) is 4.05. The predicted octanol–water partition coefficient (Wildman–Crippen LogP) is 5.15. The molecule has 1 aliphatic rings. The number of hydrogen-bond acceptors (Lipinski definition) is 2. The van der Waals surface area contributed by atoms with E-state index in [0.717, 1.165) is 25.0 Å². The van der Waals surface area contributed by atoms with E-state index in [9.17, 15) is 4.79 Å². The third kappa shape index (κ3) is 3.86. The van der Waals surface area contributed by atoms with Gasteiger partial charge in [0.1, 0.15) is 0 Å².